The molecule has 136 valence electrons. The zero-order valence-electron chi connectivity index (χ0n) is 14.5. The summed E-state index contributed by atoms with van der Waals surface area (Å²) >= 11 is 6.60. The van der Waals surface area contributed by atoms with Gasteiger partial charge in [0.1, 0.15) is 17.8 Å². The summed E-state index contributed by atoms with van der Waals surface area (Å²) in [7, 11) is 0. The minimum atomic E-state index is 0.734. The molecule has 2 aliphatic rings. The normalized spacial score (nSPS) is 18.8. The van der Waals surface area contributed by atoms with E-state index >= 15 is 0 Å². The number of benzene rings is 1. The summed E-state index contributed by atoms with van der Waals surface area (Å²) in [6.45, 7) is 7.01. The van der Waals surface area contributed by atoms with Crippen molar-refractivity contribution in [3.05, 3.63) is 23.5 Å². The number of ether oxygens (including phenoxy) is 1. The van der Waals surface area contributed by atoms with Crippen molar-refractivity contribution in [1.29, 1.82) is 0 Å². The van der Waals surface area contributed by atoms with E-state index in [0.717, 1.165) is 90.9 Å². The fraction of sp³-hybridized carbons (Fsp3) is 0.444. The SMILES string of the molecule is Clc1cc2[nH]c3ncnc(N4CCNCC4)c3c2cc1N1CCOCC1. The number of rotatable bonds is 2. The first-order chi connectivity index (χ1) is 12.8. The molecule has 2 N–H and O–H groups in total. The molecule has 8 heteroatoms. The number of hydrogen-bond donors (Lipinski definition) is 2. The lowest BCUT2D eigenvalue weighted by atomic mass is 10.1. The molecule has 26 heavy (non-hydrogen) atoms. The van der Waals surface area contributed by atoms with Crippen LogP contribution in [0.15, 0.2) is 18.5 Å². The molecule has 2 aliphatic heterocycles. The topological polar surface area (TPSA) is 69.3 Å². The van der Waals surface area contributed by atoms with Crippen molar-refractivity contribution < 1.29 is 4.74 Å². The second-order valence-corrected chi connectivity index (χ2v) is 7.14. The highest BCUT2D eigenvalue weighted by atomic mass is 35.5. The van der Waals surface area contributed by atoms with Crippen LogP contribution in [0.4, 0.5) is 11.5 Å². The number of nitrogens with one attached hydrogen (secondary N) is 2. The number of halogens is 1. The summed E-state index contributed by atoms with van der Waals surface area (Å²) in [5.41, 5.74) is 2.91. The molecule has 0 saturated carbocycles. The van der Waals surface area contributed by atoms with E-state index in [1.54, 1.807) is 6.33 Å². The highest BCUT2D eigenvalue weighted by Gasteiger charge is 2.21. The molecule has 2 fully saturated rings. The van der Waals surface area contributed by atoms with Crippen LogP contribution in [0.2, 0.25) is 5.02 Å². The molecule has 0 amide bonds. The molecule has 0 spiro atoms. The van der Waals surface area contributed by atoms with E-state index in [1.807, 2.05) is 6.07 Å². The van der Waals surface area contributed by atoms with Gasteiger partial charge in [-0.2, -0.15) is 0 Å². The van der Waals surface area contributed by atoms with Crippen LogP contribution in [0.25, 0.3) is 21.9 Å². The number of fused-ring (bicyclic) bond motifs is 3. The highest BCUT2D eigenvalue weighted by Crippen LogP contribution is 2.37. The molecule has 3 aromatic rings. The average Bonchev–Trinajstić information content (AvgIpc) is 3.06. The van der Waals surface area contributed by atoms with Crippen molar-refractivity contribution >= 4 is 45.0 Å². The van der Waals surface area contributed by atoms with Gasteiger partial charge in [0, 0.05) is 50.2 Å². The van der Waals surface area contributed by atoms with Crippen molar-refractivity contribution in [2.75, 3.05) is 62.3 Å². The van der Waals surface area contributed by atoms with Gasteiger partial charge in [0.05, 0.1) is 29.3 Å². The molecular weight excluding hydrogens is 352 g/mol. The molecule has 0 bridgehead atoms. The van der Waals surface area contributed by atoms with Gasteiger partial charge in [-0.3, -0.25) is 0 Å². The third kappa shape index (κ3) is 2.67. The second-order valence-electron chi connectivity index (χ2n) is 6.73. The number of H-pyrrole nitrogens is 1. The Balaban J connectivity index is 1.68. The number of aromatic amines is 1. The second kappa shape index (κ2) is 6.57. The van der Waals surface area contributed by atoms with Gasteiger partial charge < -0.3 is 24.8 Å². The number of piperazine rings is 1. The summed E-state index contributed by atoms with van der Waals surface area (Å²) in [5, 5.41) is 6.35. The molecule has 2 saturated heterocycles. The van der Waals surface area contributed by atoms with E-state index in [1.165, 1.54) is 0 Å². The number of aromatic nitrogens is 3. The van der Waals surface area contributed by atoms with Gasteiger partial charge in [-0.05, 0) is 12.1 Å². The molecule has 4 heterocycles. The number of morpholine rings is 1. The smallest absolute Gasteiger partial charge is 0.143 e. The molecule has 0 unspecified atom stereocenters. The van der Waals surface area contributed by atoms with Gasteiger partial charge in [-0.25, -0.2) is 9.97 Å². The maximum Gasteiger partial charge on any atom is 0.143 e. The fourth-order valence-corrected chi connectivity index (χ4v) is 4.16. The van der Waals surface area contributed by atoms with Gasteiger partial charge in [0.25, 0.3) is 0 Å². The molecule has 0 atom stereocenters. The van der Waals surface area contributed by atoms with Crippen LogP contribution in [0.5, 0.6) is 0 Å². The van der Waals surface area contributed by atoms with Gasteiger partial charge in [0.15, 0.2) is 0 Å². The maximum atomic E-state index is 6.60. The third-order valence-electron chi connectivity index (χ3n) is 5.20. The van der Waals surface area contributed by atoms with Crippen molar-refractivity contribution in [2.24, 2.45) is 0 Å². The molecule has 1 aromatic carbocycles. The van der Waals surface area contributed by atoms with Gasteiger partial charge in [0.2, 0.25) is 0 Å². The van der Waals surface area contributed by atoms with Crippen LogP contribution in [0, 0.1) is 0 Å². The molecular formula is C18H21ClN6O. The Morgan fingerprint density at radius 3 is 2.62 bits per heavy atom. The summed E-state index contributed by atoms with van der Waals surface area (Å²) in [6.07, 6.45) is 1.64. The Bertz CT molecular complexity index is 946. The van der Waals surface area contributed by atoms with Crippen LogP contribution in [0.3, 0.4) is 0 Å². The molecule has 0 radical (unpaired) electrons. The van der Waals surface area contributed by atoms with E-state index in [9.17, 15) is 0 Å². The Kier molecular flexibility index (Phi) is 4.07. The number of hydrogen-bond acceptors (Lipinski definition) is 6. The zero-order valence-corrected chi connectivity index (χ0v) is 15.2. The van der Waals surface area contributed by atoms with Crippen LogP contribution >= 0.6 is 11.6 Å². The third-order valence-corrected chi connectivity index (χ3v) is 5.51. The largest absolute Gasteiger partial charge is 0.378 e. The first kappa shape index (κ1) is 16.1. The lowest BCUT2D eigenvalue weighted by Gasteiger charge is -2.30. The van der Waals surface area contributed by atoms with Crippen molar-refractivity contribution in [2.45, 2.75) is 0 Å². The van der Waals surface area contributed by atoms with Crippen LogP contribution in [0.1, 0.15) is 0 Å². The average molecular weight is 373 g/mol. The van der Waals surface area contributed by atoms with Crippen molar-refractivity contribution in [1.82, 2.24) is 20.3 Å². The maximum absolute atomic E-state index is 6.60. The minimum Gasteiger partial charge on any atom is -0.378 e. The van der Waals surface area contributed by atoms with E-state index in [4.69, 9.17) is 16.3 Å². The van der Waals surface area contributed by atoms with Gasteiger partial charge in [-0.1, -0.05) is 11.6 Å². The van der Waals surface area contributed by atoms with Crippen molar-refractivity contribution in [3.63, 3.8) is 0 Å². The zero-order chi connectivity index (χ0) is 17.5. The fourth-order valence-electron chi connectivity index (χ4n) is 3.88. The molecule has 2 aromatic heterocycles. The van der Waals surface area contributed by atoms with Gasteiger partial charge in [-0.15, -0.1) is 0 Å². The van der Waals surface area contributed by atoms with E-state index < -0.39 is 0 Å². The minimum absolute atomic E-state index is 0.734. The lowest BCUT2D eigenvalue weighted by Crippen LogP contribution is -2.44. The van der Waals surface area contributed by atoms with E-state index in [-0.39, 0.29) is 0 Å². The highest BCUT2D eigenvalue weighted by molar-refractivity contribution is 6.34. The lowest BCUT2D eigenvalue weighted by molar-refractivity contribution is 0.122. The quantitative estimate of drug-likeness (QED) is 0.717. The Hall–Kier alpha value is -2.09. The summed E-state index contributed by atoms with van der Waals surface area (Å²) < 4.78 is 5.48. The Morgan fingerprint density at radius 1 is 1.00 bits per heavy atom. The number of nitrogens with zero attached hydrogens (tertiary/aromatic N) is 4. The molecule has 7 nitrogen and oxygen atoms in total. The van der Waals surface area contributed by atoms with Gasteiger partial charge >= 0.3 is 0 Å². The Labute approximate surface area is 156 Å². The van der Waals surface area contributed by atoms with Crippen molar-refractivity contribution in [3.8, 4) is 0 Å². The predicted molar refractivity (Wildman–Crippen MR) is 105 cm³/mol. The first-order valence-corrected chi connectivity index (χ1v) is 9.43. The summed E-state index contributed by atoms with van der Waals surface area (Å²) in [4.78, 5) is 17.1. The standard InChI is InChI=1S/C18H21ClN6O/c19-13-10-14-12(9-15(13)24-5-7-26-8-6-24)16-17(23-14)21-11-22-18(16)25-3-1-20-2-4-25/h9-11,20H,1-8H2,(H,21,22,23). The van der Waals surface area contributed by atoms with Crippen LogP contribution in [-0.2, 0) is 4.74 Å². The van der Waals surface area contributed by atoms with Crippen LogP contribution in [-0.4, -0.2) is 67.4 Å². The summed E-state index contributed by atoms with van der Waals surface area (Å²) in [5.74, 6) is 0.998. The van der Waals surface area contributed by atoms with E-state index in [0.29, 0.717) is 0 Å². The Morgan fingerprint density at radius 2 is 1.81 bits per heavy atom. The predicted octanol–water partition coefficient (Wildman–Crippen LogP) is 2.01. The molecule has 0 aliphatic carbocycles. The first-order valence-electron chi connectivity index (χ1n) is 9.05. The number of anilines is 2. The molecule has 5 rings (SSSR count). The summed E-state index contributed by atoms with van der Waals surface area (Å²) in [6, 6.07) is 4.18. The van der Waals surface area contributed by atoms with Crippen LogP contribution < -0.4 is 15.1 Å². The van der Waals surface area contributed by atoms with E-state index in [2.05, 4.69) is 36.1 Å². The monoisotopic (exact) mass is 372 g/mol.